The first kappa shape index (κ1) is 19.3. The van der Waals surface area contributed by atoms with Gasteiger partial charge >= 0.3 is 0 Å². The molecular weight excluding hydrogens is 383 g/mol. The quantitative estimate of drug-likeness (QED) is 0.531. The van der Waals surface area contributed by atoms with Crippen LogP contribution < -0.4 is 10.6 Å². The number of halogens is 1. The molecule has 2 heterocycles. The maximum Gasteiger partial charge on any atom is 0.271 e. The van der Waals surface area contributed by atoms with Crippen molar-refractivity contribution < 1.29 is 14.0 Å². The second-order valence-corrected chi connectivity index (χ2v) is 6.94. The number of benzene rings is 2. The van der Waals surface area contributed by atoms with E-state index in [0.717, 1.165) is 11.1 Å². The normalized spacial score (nSPS) is 10.7. The zero-order valence-electron chi connectivity index (χ0n) is 16.2. The van der Waals surface area contributed by atoms with Crippen LogP contribution in [0.2, 0.25) is 0 Å². The average Bonchev–Trinajstić information content (AvgIpc) is 3.15. The maximum atomic E-state index is 13.3. The standard InChI is InChI=1S/C23H19FN4O2/c1-15-8-9-28-14-20(27-21(28)10-15)23(30)25-13-16-4-2-7-19(11-16)26-22(29)17-5-3-6-18(24)12-17/h2-12,14H,13H2,1H3,(H,25,30)(H,26,29). The van der Waals surface area contributed by atoms with Gasteiger partial charge < -0.3 is 15.0 Å². The number of pyridine rings is 1. The largest absolute Gasteiger partial charge is 0.347 e. The zero-order chi connectivity index (χ0) is 21.1. The van der Waals surface area contributed by atoms with Gasteiger partial charge in [0.15, 0.2) is 0 Å². The third-order valence-electron chi connectivity index (χ3n) is 4.57. The van der Waals surface area contributed by atoms with Crippen LogP contribution in [-0.2, 0) is 6.54 Å². The molecule has 0 bridgehead atoms. The number of carbonyl (C=O) groups excluding carboxylic acids is 2. The van der Waals surface area contributed by atoms with Gasteiger partial charge in [-0.25, -0.2) is 9.37 Å². The summed E-state index contributed by atoms with van der Waals surface area (Å²) in [7, 11) is 0. The second kappa shape index (κ2) is 8.16. The van der Waals surface area contributed by atoms with Gasteiger partial charge in [0, 0.05) is 30.2 Å². The highest BCUT2D eigenvalue weighted by atomic mass is 19.1. The Bertz CT molecular complexity index is 1250. The number of carbonyl (C=O) groups is 2. The van der Waals surface area contributed by atoms with E-state index in [-0.39, 0.29) is 18.0 Å². The van der Waals surface area contributed by atoms with E-state index in [1.54, 1.807) is 34.9 Å². The predicted octanol–water partition coefficient (Wildman–Crippen LogP) is 3.96. The summed E-state index contributed by atoms with van der Waals surface area (Å²) in [6, 6.07) is 16.4. The van der Waals surface area contributed by atoms with Crippen LogP contribution in [-0.4, -0.2) is 21.2 Å². The van der Waals surface area contributed by atoms with Crippen molar-refractivity contribution in [1.29, 1.82) is 0 Å². The van der Waals surface area contributed by atoms with E-state index in [0.29, 0.717) is 17.0 Å². The van der Waals surface area contributed by atoms with Gasteiger partial charge in [-0.15, -0.1) is 0 Å². The van der Waals surface area contributed by atoms with Gasteiger partial charge in [-0.3, -0.25) is 9.59 Å². The second-order valence-electron chi connectivity index (χ2n) is 6.94. The van der Waals surface area contributed by atoms with Crippen LogP contribution in [0.1, 0.15) is 32.0 Å². The molecule has 2 amide bonds. The van der Waals surface area contributed by atoms with Crippen LogP contribution in [0.25, 0.3) is 5.65 Å². The van der Waals surface area contributed by atoms with Gasteiger partial charge in [-0.05, 0) is 60.5 Å². The summed E-state index contributed by atoms with van der Waals surface area (Å²) in [6.07, 6.45) is 3.54. The molecule has 0 saturated heterocycles. The number of hydrogen-bond donors (Lipinski definition) is 2. The Morgan fingerprint density at radius 3 is 2.70 bits per heavy atom. The van der Waals surface area contributed by atoms with Gasteiger partial charge in [0.2, 0.25) is 0 Å². The van der Waals surface area contributed by atoms with Gasteiger partial charge in [-0.2, -0.15) is 0 Å². The number of anilines is 1. The Labute approximate surface area is 172 Å². The summed E-state index contributed by atoms with van der Waals surface area (Å²) < 4.78 is 15.1. The molecule has 7 heteroatoms. The first-order valence-corrected chi connectivity index (χ1v) is 9.37. The van der Waals surface area contributed by atoms with E-state index in [1.165, 1.54) is 18.2 Å². The van der Waals surface area contributed by atoms with Crippen molar-refractivity contribution in [3.63, 3.8) is 0 Å². The van der Waals surface area contributed by atoms with Crippen molar-refractivity contribution in [3.05, 3.63) is 101 Å². The Morgan fingerprint density at radius 1 is 1.03 bits per heavy atom. The van der Waals surface area contributed by atoms with Crippen LogP contribution in [0.15, 0.2) is 73.1 Å². The summed E-state index contributed by atoms with van der Waals surface area (Å²) in [6.45, 7) is 2.24. The third-order valence-corrected chi connectivity index (χ3v) is 4.57. The molecule has 0 atom stereocenters. The first-order valence-electron chi connectivity index (χ1n) is 9.37. The molecule has 6 nitrogen and oxygen atoms in total. The van der Waals surface area contributed by atoms with Crippen LogP contribution in [0, 0.1) is 12.7 Å². The molecule has 2 aromatic heterocycles. The highest BCUT2D eigenvalue weighted by molar-refractivity contribution is 6.04. The zero-order valence-corrected chi connectivity index (χ0v) is 16.2. The topological polar surface area (TPSA) is 75.5 Å². The van der Waals surface area contributed by atoms with E-state index in [4.69, 9.17) is 0 Å². The lowest BCUT2D eigenvalue weighted by molar-refractivity contribution is 0.0945. The Kier molecular flexibility index (Phi) is 5.26. The lowest BCUT2D eigenvalue weighted by Gasteiger charge is -2.08. The molecule has 4 aromatic rings. The fourth-order valence-corrected chi connectivity index (χ4v) is 3.06. The summed E-state index contributed by atoms with van der Waals surface area (Å²) in [5, 5.41) is 5.57. The predicted molar refractivity (Wildman–Crippen MR) is 112 cm³/mol. The van der Waals surface area contributed by atoms with E-state index < -0.39 is 11.7 Å². The Hall–Kier alpha value is -4.00. The van der Waals surface area contributed by atoms with Crippen molar-refractivity contribution in [2.75, 3.05) is 5.32 Å². The molecule has 4 rings (SSSR count). The molecule has 2 aromatic carbocycles. The fourth-order valence-electron chi connectivity index (χ4n) is 3.06. The molecule has 0 aliphatic rings. The van der Waals surface area contributed by atoms with E-state index in [9.17, 15) is 14.0 Å². The smallest absolute Gasteiger partial charge is 0.271 e. The van der Waals surface area contributed by atoms with Crippen molar-refractivity contribution in [1.82, 2.24) is 14.7 Å². The molecule has 2 N–H and O–H groups in total. The summed E-state index contributed by atoms with van der Waals surface area (Å²) >= 11 is 0. The molecule has 0 unspecified atom stereocenters. The number of imidazole rings is 1. The lowest BCUT2D eigenvalue weighted by Crippen LogP contribution is -2.23. The summed E-state index contributed by atoms with van der Waals surface area (Å²) in [5.41, 5.74) is 3.70. The third kappa shape index (κ3) is 4.35. The molecule has 0 fully saturated rings. The molecular formula is C23H19FN4O2. The molecule has 0 aliphatic carbocycles. The fraction of sp³-hybridized carbons (Fsp3) is 0.0870. The van der Waals surface area contributed by atoms with Crippen LogP contribution in [0.5, 0.6) is 0 Å². The Morgan fingerprint density at radius 2 is 1.87 bits per heavy atom. The number of aromatic nitrogens is 2. The lowest BCUT2D eigenvalue weighted by atomic mass is 10.1. The molecule has 0 radical (unpaired) electrons. The minimum Gasteiger partial charge on any atom is -0.347 e. The van der Waals surface area contributed by atoms with Gasteiger partial charge in [0.25, 0.3) is 11.8 Å². The minimum absolute atomic E-state index is 0.232. The highest BCUT2D eigenvalue weighted by Crippen LogP contribution is 2.14. The molecule has 0 aliphatic heterocycles. The molecule has 0 saturated carbocycles. The van der Waals surface area contributed by atoms with Crippen molar-refractivity contribution >= 4 is 23.1 Å². The minimum atomic E-state index is -0.471. The summed E-state index contributed by atoms with van der Waals surface area (Å²) in [4.78, 5) is 29.1. The number of fused-ring (bicyclic) bond motifs is 1. The summed E-state index contributed by atoms with van der Waals surface area (Å²) in [5.74, 6) is -1.16. The Balaban J connectivity index is 1.41. The number of aryl methyl sites for hydroxylation is 1. The SMILES string of the molecule is Cc1ccn2cc(C(=O)NCc3cccc(NC(=O)c4cccc(F)c4)c3)nc2c1. The van der Waals surface area contributed by atoms with Crippen LogP contribution in [0.3, 0.4) is 0 Å². The number of nitrogens with zero attached hydrogens (tertiary/aromatic N) is 2. The maximum absolute atomic E-state index is 13.3. The monoisotopic (exact) mass is 402 g/mol. The number of hydrogen-bond acceptors (Lipinski definition) is 3. The first-order chi connectivity index (χ1) is 14.5. The number of nitrogens with one attached hydrogen (secondary N) is 2. The number of amides is 2. The molecule has 0 spiro atoms. The van der Waals surface area contributed by atoms with Gasteiger partial charge in [-0.1, -0.05) is 18.2 Å². The van der Waals surface area contributed by atoms with E-state index in [2.05, 4.69) is 15.6 Å². The van der Waals surface area contributed by atoms with Crippen molar-refractivity contribution in [2.45, 2.75) is 13.5 Å². The molecule has 150 valence electrons. The average molecular weight is 402 g/mol. The van der Waals surface area contributed by atoms with Crippen LogP contribution >= 0.6 is 0 Å². The molecule has 30 heavy (non-hydrogen) atoms. The van der Waals surface area contributed by atoms with E-state index >= 15 is 0 Å². The number of rotatable bonds is 5. The van der Waals surface area contributed by atoms with Crippen molar-refractivity contribution in [3.8, 4) is 0 Å². The van der Waals surface area contributed by atoms with Gasteiger partial charge in [0.05, 0.1) is 0 Å². The van der Waals surface area contributed by atoms with E-state index in [1.807, 2.05) is 31.3 Å². The van der Waals surface area contributed by atoms with Crippen LogP contribution in [0.4, 0.5) is 10.1 Å². The van der Waals surface area contributed by atoms with Gasteiger partial charge in [0.1, 0.15) is 17.2 Å². The van der Waals surface area contributed by atoms with Crippen molar-refractivity contribution in [2.24, 2.45) is 0 Å². The highest BCUT2D eigenvalue weighted by Gasteiger charge is 2.11.